The van der Waals surface area contributed by atoms with Crippen LogP contribution in [0.1, 0.15) is 23.2 Å². The van der Waals surface area contributed by atoms with Crippen molar-refractivity contribution in [1.82, 2.24) is 5.32 Å². The SMILES string of the molecule is NC(=O)CNC(=O)c1ccccc1SC(=O)OCCCCCl. The second kappa shape index (κ2) is 10.1. The van der Waals surface area contributed by atoms with E-state index in [2.05, 4.69) is 5.32 Å². The number of halogens is 1. The molecule has 0 saturated carbocycles. The molecule has 1 rings (SSSR count). The van der Waals surface area contributed by atoms with Gasteiger partial charge in [-0.15, -0.1) is 11.6 Å². The molecule has 0 bridgehead atoms. The predicted octanol–water partition coefficient (Wildman–Crippen LogP) is 2.15. The van der Waals surface area contributed by atoms with Crippen molar-refractivity contribution in [2.75, 3.05) is 19.0 Å². The highest BCUT2D eigenvalue weighted by molar-refractivity contribution is 8.13. The van der Waals surface area contributed by atoms with E-state index in [0.717, 1.165) is 18.2 Å². The van der Waals surface area contributed by atoms with Gasteiger partial charge in [-0.25, -0.2) is 4.79 Å². The van der Waals surface area contributed by atoms with E-state index in [1.807, 2.05) is 0 Å². The molecular formula is C14H17ClN2O4S. The number of ether oxygens (including phenoxy) is 1. The van der Waals surface area contributed by atoms with Crippen LogP contribution in [0.2, 0.25) is 0 Å². The molecule has 22 heavy (non-hydrogen) atoms. The molecule has 0 aliphatic rings. The van der Waals surface area contributed by atoms with Crippen molar-refractivity contribution < 1.29 is 19.1 Å². The van der Waals surface area contributed by atoms with Gasteiger partial charge in [-0.1, -0.05) is 12.1 Å². The summed E-state index contributed by atoms with van der Waals surface area (Å²) in [5.74, 6) is -0.595. The molecule has 0 radical (unpaired) electrons. The average Bonchev–Trinajstić information content (AvgIpc) is 2.49. The lowest BCUT2D eigenvalue weighted by molar-refractivity contribution is -0.117. The van der Waals surface area contributed by atoms with Crippen molar-refractivity contribution >= 4 is 40.5 Å². The Balaban J connectivity index is 2.61. The van der Waals surface area contributed by atoms with Crippen LogP contribution in [0.5, 0.6) is 0 Å². The van der Waals surface area contributed by atoms with Crippen LogP contribution in [0.15, 0.2) is 29.2 Å². The maximum Gasteiger partial charge on any atom is 0.372 e. The number of hydrogen-bond donors (Lipinski definition) is 2. The van der Waals surface area contributed by atoms with Crippen molar-refractivity contribution in [2.24, 2.45) is 5.73 Å². The van der Waals surface area contributed by atoms with Gasteiger partial charge in [0.1, 0.15) is 0 Å². The van der Waals surface area contributed by atoms with Gasteiger partial charge in [0.25, 0.3) is 5.91 Å². The standard InChI is InChI=1S/C14H17ClN2O4S/c15-7-3-4-8-21-14(20)22-11-6-2-1-5-10(11)13(19)17-9-12(16)18/h1-2,5-6H,3-4,7-9H2,(H2,16,18)(H,17,19). The van der Waals surface area contributed by atoms with E-state index < -0.39 is 17.1 Å². The van der Waals surface area contributed by atoms with Crippen LogP contribution in [0.3, 0.4) is 0 Å². The van der Waals surface area contributed by atoms with E-state index in [-0.39, 0.29) is 18.7 Å². The maximum absolute atomic E-state index is 12.0. The smallest absolute Gasteiger partial charge is 0.372 e. The third-order valence-electron chi connectivity index (χ3n) is 2.50. The van der Waals surface area contributed by atoms with Crippen LogP contribution >= 0.6 is 23.4 Å². The van der Waals surface area contributed by atoms with E-state index in [0.29, 0.717) is 17.2 Å². The van der Waals surface area contributed by atoms with Gasteiger partial charge in [-0.3, -0.25) is 9.59 Å². The third-order valence-corrected chi connectivity index (χ3v) is 3.62. The molecule has 6 nitrogen and oxygen atoms in total. The lowest BCUT2D eigenvalue weighted by Gasteiger charge is -2.08. The van der Waals surface area contributed by atoms with Crippen molar-refractivity contribution in [3.05, 3.63) is 29.8 Å². The third kappa shape index (κ3) is 6.82. The predicted molar refractivity (Wildman–Crippen MR) is 85.1 cm³/mol. The van der Waals surface area contributed by atoms with Crippen LogP contribution < -0.4 is 11.1 Å². The Hall–Kier alpha value is -1.73. The number of benzene rings is 1. The fourth-order valence-corrected chi connectivity index (χ4v) is 2.41. The Morgan fingerprint density at radius 3 is 2.64 bits per heavy atom. The van der Waals surface area contributed by atoms with Gasteiger partial charge in [0.15, 0.2) is 0 Å². The van der Waals surface area contributed by atoms with Gasteiger partial charge in [0, 0.05) is 10.8 Å². The molecule has 0 aromatic heterocycles. The molecular weight excluding hydrogens is 328 g/mol. The molecule has 2 amide bonds. The molecule has 0 heterocycles. The number of alkyl halides is 1. The van der Waals surface area contributed by atoms with Crippen LogP contribution in [0, 0.1) is 0 Å². The fraction of sp³-hybridized carbons (Fsp3) is 0.357. The van der Waals surface area contributed by atoms with Gasteiger partial charge in [-0.05, 0) is 36.7 Å². The Morgan fingerprint density at radius 1 is 1.23 bits per heavy atom. The van der Waals surface area contributed by atoms with Crippen molar-refractivity contribution in [1.29, 1.82) is 0 Å². The molecule has 0 saturated heterocycles. The van der Waals surface area contributed by atoms with Crippen LogP contribution in [-0.4, -0.2) is 36.1 Å². The maximum atomic E-state index is 12.0. The number of nitrogens with one attached hydrogen (secondary N) is 1. The lowest BCUT2D eigenvalue weighted by Crippen LogP contribution is -2.33. The zero-order chi connectivity index (χ0) is 16.4. The molecule has 0 fully saturated rings. The minimum absolute atomic E-state index is 0.263. The summed E-state index contributed by atoms with van der Waals surface area (Å²) >= 11 is 6.35. The van der Waals surface area contributed by atoms with Gasteiger partial charge in [-0.2, -0.15) is 0 Å². The summed E-state index contributed by atoms with van der Waals surface area (Å²) in [6, 6.07) is 6.55. The first-order chi connectivity index (χ1) is 10.5. The number of amides is 2. The highest BCUT2D eigenvalue weighted by atomic mass is 35.5. The number of primary amides is 1. The molecule has 3 N–H and O–H groups in total. The summed E-state index contributed by atoms with van der Waals surface area (Å²) in [6.45, 7) is 0.0231. The molecule has 1 aromatic rings. The fourth-order valence-electron chi connectivity index (χ4n) is 1.48. The quantitative estimate of drug-likeness (QED) is 0.326. The molecule has 0 atom stereocenters. The van der Waals surface area contributed by atoms with Gasteiger partial charge >= 0.3 is 5.30 Å². The normalized spacial score (nSPS) is 10.0. The van der Waals surface area contributed by atoms with E-state index in [1.54, 1.807) is 24.3 Å². The summed E-state index contributed by atoms with van der Waals surface area (Å²) in [6.07, 6.45) is 1.46. The van der Waals surface area contributed by atoms with Gasteiger partial charge in [0.05, 0.1) is 18.7 Å². The zero-order valence-electron chi connectivity index (χ0n) is 11.8. The highest BCUT2D eigenvalue weighted by Gasteiger charge is 2.15. The first kappa shape index (κ1) is 18.3. The summed E-state index contributed by atoms with van der Waals surface area (Å²) in [4.78, 5) is 34.8. The van der Waals surface area contributed by atoms with Crippen molar-refractivity contribution in [2.45, 2.75) is 17.7 Å². The average molecular weight is 345 g/mol. The Bertz CT molecular complexity index is 539. The molecule has 0 aliphatic heterocycles. The monoisotopic (exact) mass is 344 g/mol. The topological polar surface area (TPSA) is 98.5 Å². The van der Waals surface area contributed by atoms with E-state index in [1.165, 1.54) is 0 Å². The van der Waals surface area contributed by atoms with Crippen LogP contribution in [-0.2, 0) is 9.53 Å². The first-order valence-electron chi connectivity index (χ1n) is 6.60. The minimum Gasteiger partial charge on any atom is -0.457 e. The number of rotatable bonds is 8. The number of nitrogens with two attached hydrogens (primary N) is 1. The number of unbranched alkanes of at least 4 members (excludes halogenated alkanes) is 1. The Morgan fingerprint density at radius 2 is 1.95 bits per heavy atom. The van der Waals surface area contributed by atoms with Crippen LogP contribution in [0.25, 0.3) is 0 Å². The number of hydrogen-bond acceptors (Lipinski definition) is 5. The number of carbonyl (C=O) groups is 3. The zero-order valence-corrected chi connectivity index (χ0v) is 13.4. The molecule has 0 spiro atoms. The second-order valence-corrected chi connectivity index (χ2v) is 5.60. The van der Waals surface area contributed by atoms with Crippen molar-refractivity contribution in [3.8, 4) is 0 Å². The summed E-state index contributed by atoms with van der Waals surface area (Å²) in [5, 5.41) is 1.88. The summed E-state index contributed by atoms with van der Waals surface area (Å²) in [7, 11) is 0. The number of carbonyl (C=O) groups excluding carboxylic acids is 3. The summed E-state index contributed by atoms with van der Waals surface area (Å²) in [5.41, 5.74) is 5.26. The van der Waals surface area contributed by atoms with Crippen LogP contribution in [0.4, 0.5) is 4.79 Å². The van der Waals surface area contributed by atoms with E-state index in [4.69, 9.17) is 22.1 Å². The summed E-state index contributed by atoms with van der Waals surface area (Å²) < 4.78 is 5.04. The van der Waals surface area contributed by atoms with E-state index >= 15 is 0 Å². The largest absolute Gasteiger partial charge is 0.457 e. The Kier molecular flexibility index (Phi) is 8.39. The number of thioether (sulfide) groups is 1. The highest BCUT2D eigenvalue weighted by Crippen LogP contribution is 2.24. The first-order valence-corrected chi connectivity index (χ1v) is 7.95. The molecule has 8 heteroatoms. The Labute approximate surface area is 137 Å². The van der Waals surface area contributed by atoms with E-state index in [9.17, 15) is 14.4 Å². The van der Waals surface area contributed by atoms with Gasteiger partial charge in [0.2, 0.25) is 5.91 Å². The lowest BCUT2D eigenvalue weighted by atomic mass is 10.2. The minimum atomic E-state index is -0.641. The van der Waals surface area contributed by atoms with Crippen molar-refractivity contribution in [3.63, 3.8) is 0 Å². The molecule has 0 unspecified atom stereocenters. The molecule has 1 aromatic carbocycles. The second-order valence-electron chi connectivity index (χ2n) is 4.24. The molecule has 120 valence electrons. The van der Waals surface area contributed by atoms with Gasteiger partial charge < -0.3 is 15.8 Å². The molecule has 0 aliphatic carbocycles.